The van der Waals surface area contributed by atoms with E-state index >= 15 is 0 Å². The largest absolute Gasteiger partial charge is 0.409 e. The third-order valence-electron chi connectivity index (χ3n) is 3.29. The molecule has 0 aromatic heterocycles. The molecule has 0 aliphatic carbocycles. The molecule has 1 aromatic carbocycles. The molecule has 20 heavy (non-hydrogen) atoms. The van der Waals surface area contributed by atoms with Crippen LogP contribution >= 0.6 is 0 Å². The van der Waals surface area contributed by atoms with Gasteiger partial charge in [0.25, 0.3) is 0 Å². The highest BCUT2D eigenvalue weighted by Crippen LogP contribution is 2.21. The maximum Gasteiger partial charge on any atom is 0.144 e. The van der Waals surface area contributed by atoms with Crippen molar-refractivity contribution >= 4 is 5.84 Å². The molecule has 1 aromatic rings. The topological polar surface area (TPSA) is 70.6 Å². The van der Waals surface area contributed by atoms with Gasteiger partial charge in [-0.2, -0.15) is 0 Å². The van der Waals surface area contributed by atoms with E-state index in [0.29, 0.717) is 18.7 Å². The Kier molecular flexibility index (Phi) is 5.88. The van der Waals surface area contributed by atoms with Gasteiger partial charge in [0.15, 0.2) is 0 Å². The molecule has 0 atom stereocenters. The van der Waals surface area contributed by atoms with E-state index < -0.39 is 11.6 Å². The lowest BCUT2D eigenvalue weighted by molar-refractivity contribution is 0.304. The molecule has 0 heterocycles. The molecule has 0 spiro atoms. The Morgan fingerprint density at radius 3 is 2.70 bits per heavy atom. The average Bonchev–Trinajstić information content (AvgIpc) is 2.39. The Labute approximate surface area is 117 Å². The minimum Gasteiger partial charge on any atom is -0.409 e. The first-order valence-electron chi connectivity index (χ1n) is 6.49. The quantitative estimate of drug-likeness (QED) is 0.237. The fourth-order valence-electron chi connectivity index (χ4n) is 1.81. The summed E-state index contributed by atoms with van der Waals surface area (Å²) in [7, 11) is 0. The van der Waals surface area contributed by atoms with Gasteiger partial charge in [0.05, 0.1) is 0 Å². The number of amidine groups is 1. The van der Waals surface area contributed by atoms with Crippen LogP contribution in [0.5, 0.6) is 0 Å². The second-order valence-electron chi connectivity index (χ2n) is 5.39. The van der Waals surface area contributed by atoms with Crippen LogP contribution in [0.3, 0.4) is 0 Å². The summed E-state index contributed by atoms with van der Waals surface area (Å²) >= 11 is 0. The first-order chi connectivity index (χ1) is 9.36. The molecule has 6 heteroatoms. The molecule has 0 aliphatic rings. The lowest BCUT2D eigenvalue weighted by Gasteiger charge is -2.22. The van der Waals surface area contributed by atoms with Crippen molar-refractivity contribution in [2.24, 2.45) is 16.3 Å². The van der Waals surface area contributed by atoms with Crippen LogP contribution in [0.4, 0.5) is 8.78 Å². The fraction of sp³-hybridized carbons (Fsp3) is 0.500. The summed E-state index contributed by atoms with van der Waals surface area (Å²) in [5.74, 6) is -0.927. The molecule has 4 nitrogen and oxygen atoms in total. The number of halogens is 2. The number of oxime groups is 1. The predicted octanol–water partition coefficient (Wildman–Crippen LogP) is 2.61. The first-order valence-corrected chi connectivity index (χ1v) is 6.49. The predicted molar refractivity (Wildman–Crippen MR) is 74.5 cm³/mol. The minimum absolute atomic E-state index is 0.196. The molecule has 0 fully saturated rings. The second-order valence-corrected chi connectivity index (χ2v) is 5.39. The lowest BCUT2D eigenvalue weighted by Crippen LogP contribution is -2.32. The normalized spacial score (nSPS) is 12.7. The maximum absolute atomic E-state index is 13.4. The maximum atomic E-state index is 13.4. The zero-order valence-electron chi connectivity index (χ0n) is 11.8. The molecule has 1 rings (SSSR count). The van der Waals surface area contributed by atoms with Gasteiger partial charge in [-0.15, -0.1) is 0 Å². The van der Waals surface area contributed by atoms with Crippen molar-refractivity contribution in [2.45, 2.75) is 33.2 Å². The molecule has 0 unspecified atom stereocenters. The van der Waals surface area contributed by atoms with E-state index in [1.165, 1.54) is 12.1 Å². The van der Waals surface area contributed by atoms with Gasteiger partial charge in [-0.05, 0) is 25.5 Å². The van der Waals surface area contributed by atoms with Gasteiger partial charge in [0.2, 0.25) is 0 Å². The first kappa shape index (κ1) is 16.4. The van der Waals surface area contributed by atoms with Gasteiger partial charge in [-0.1, -0.05) is 25.1 Å². The number of benzene rings is 1. The highest BCUT2D eigenvalue weighted by molar-refractivity contribution is 5.85. The molecule has 112 valence electrons. The van der Waals surface area contributed by atoms with Gasteiger partial charge < -0.3 is 16.3 Å². The minimum atomic E-state index is -0.577. The standard InChI is InChI=1S/C14H21F2N3O/c1-14(2,13(17)19-20)6-3-7-18-9-10-4-5-11(15)8-12(10)16/h4-5,8,18,20H,3,6-7,9H2,1-2H3,(H2,17,19). The zero-order valence-corrected chi connectivity index (χ0v) is 11.8. The third-order valence-corrected chi connectivity index (χ3v) is 3.29. The van der Waals surface area contributed by atoms with Gasteiger partial charge in [-0.3, -0.25) is 0 Å². The number of rotatable bonds is 7. The fourth-order valence-corrected chi connectivity index (χ4v) is 1.81. The number of hydrogen-bond donors (Lipinski definition) is 3. The smallest absolute Gasteiger partial charge is 0.144 e. The summed E-state index contributed by atoms with van der Waals surface area (Å²) in [4.78, 5) is 0. The van der Waals surface area contributed by atoms with E-state index in [1.807, 2.05) is 13.8 Å². The highest BCUT2D eigenvalue weighted by atomic mass is 19.1. The van der Waals surface area contributed by atoms with E-state index in [2.05, 4.69) is 10.5 Å². The summed E-state index contributed by atoms with van der Waals surface area (Å²) in [6.45, 7) is 4.79. The lowest BCUT2D eigenvalue weighted by atomic mass is 9.86. The molecular formula is C14H21F2N3O. The highest BCUT2D eigenvalue weighted by Gasteiger charge is 2.22. The molecule has 0 aliphatic heterocycles. The summed E-state index contributed by atoms with van der Waals surface area (Å²) in [5.41, 5.74) is 5.64. The number of nitrogens with one attached hydrogen (secondary N) is 1. The zero-order chi connectivity index (χ0) is 15.2. The summed E-state index contributed by atoms with van der Waals surface area (Å²) in [5, 5.41) is 14.8. The molecule has 0 radical (unpaired) electrons. The van der Waals surface area contributed by atoms with Gasteiger partial charge in [0, 0.05) is 23.6 Å². The van der Waals surface area contributed by atoms with E-state index in [-0.39, 0.29) is 11.3 Å². The molecule has 0 bridgehead atoms. The van der Waals surface area contributed by atoms with Crippen LogP contribution in [0.15, 0.2) is 23.4 Å². The SMILES string of the molecule is CC(C)(CCCNCc1ccc(F)cc1F)C(N)=NO. The number of nitrogens with two attached hydrogens (primary N) is 1. The Hall–Kier alpha value is -1.69. The van der Waals surface area contributed by atoms with E-state index in [4.69, 9.17) is 10.9 Å². The van der Waals surface area contributed by atoms with Crippen molar-refractivity contribution in [1.29, 1.82) is 0 Å². The van der Waals surface area contributed by atoms with Crippen LogP contribution in [0.1, 0.15) is 32.3 Å². The van der Waals surface area contributed by atoms with Gasteiger partial charge in [0.1, 0.15) is 17.5 Å². The van der Waals surface area contributed by atoms with Crippen molar-refractivity contribution in [3.63, 3.8) is 0 Å². The molecule has 0 saturated heterocycles. The number of hydrogen-bond acceptors (Lipinski definition) is 3. The Bertz CT molecular complexity index is 475. The van der Waals surface area contributed by atoms with Crippen LogP contribution in [0, 0.1) is 17.0 Å². The van der Waals surface area contributed by atoms with Crippen molar-refractivity contribution in [3.8, 4) is 0 Å². The van der Waals surface area contributed by atoms with Crippen molar-refractivity contribution in [1.82, 2.24) is 5.32 Å². The van der Waals surface area contributed by atoms with E-state index in [9.17, 15) is 8.78 Å². The monoisotopic (exact) mass is 285 g/mol. The average molecular weight is 285 g/mol. The third kappa shape index (κ3) is 4.77. The van der Waals surface area contributed by atoms with Crippen LogP contribution in [0.2, 0.25) is 0 Å². The van der Waals surface area contributed by atoms with Crippen LogP contribution in [-0.4, -0.2) is 17.6 Å². The Morgan fingerprint density at radius 2 is 2.10 bits per heavy atom. The van der Waals surface area contributed by atoms with Crippen molar-refractivity contribution < 1.29 is 14.0 Å². The van der Waals surface area contributed by atoms with Crippen molar-refractivity contribution in [2.75, 3.05) is 6.54 Å². The van der Waals surface area contributed by atoms with Crippen LogP contribution in [-0.2, 0) is 6.54 Å². The summed E-state index contributed by atoms with van der Waals surface area (Å²) in [6.07, 6.45) is 1.54. The van der Waals surface area contributed by atoms with Crippen LogP contribution < -0.4 is 11.1 Å². The molecule has 0 amide bonds. The molecule has 0 saturated carbocycles. The van der Waals surface area contributed by atoms with E-state index in [0.717, 1.165) is 18.9 Å². The number of nitrogens with zero attached hydrogens (tertiary/aromatic N) is 1. The van der Waals surface area contributed by atoms with Gasteiger partial charge in [-0.25, -0.2) is 8.78 Å². The Morgan fingerprint density at radius 1 is 1.40 bits per heavy atom. The molecular weight excluding hydrogens is 264 g/mol. The Balaban J connectivity index is 2.32. The van der Waals surface area contributed by atoms with Crippen LogP contribution in [0.25, 0.3) is 0 Å². The summed E-state index contributed by atoms with van der Waals surface area (Å²) < 4.78 is 26.1. The van der Waals surface area contributed by atoms with Gasteiger partial charge >= 0.3 is 0 Å². The van der Waals surface area contributed by atoms with Crippen molar-refractivity contribution in [3.05, 3.63) is 35.4 Å². The van der Waals surface area contributed by atoms with E-state index in [1.54, 1.807) is 0 Å². The summed E-state index contributed by atoms with van der Waals surface area (Å²) in [6, 6.07) is 3.54. The molecule has 4 N–H and O–H groups in total. The second kappa shape index (κ2) is 7.19.